The number of carbonyl (C=O) groups excluding carboxylic acids is 2. The number of amides is 1. The number of piperidine rings is 1. The average Bonchev–Trinajstić information content (AvgIpc) is 2.56. The molecule has 0 spiro atoms. The molecule has 0 saturated carbocycles. The molecule has 1 aliphatic heterocycles. The van der Waals surface area contributed by atoms with Gasteiger partial charge in [-0.3, -0.25) is 0 Å². The van der Waals surface area contributed by atoms with Gasteiger partial charge in [0.1, 0.15) is 11.2 Å². The van der Waals surface area contributed by atoms with Crippen LogP contribution in [0.15, 0.2) is 0 Å². The summed E-state index contributed by atoms with van der Waals surface area (Å²) in [6, 6.07) is -0.0884. The molecular formula is C17H25ClN4O4. The van der Waals surface area contributed by atoms with Crippen LogP contribution in [-0.2, 0) is 9.47 Å². The number of methoxy groups -OCH3 is 1. The van der Waals surface area contributed by atoms with Crippen molar-refractivity contribution in [3.05, 3.63) is 16.3 Å². The van der Waals surface area contributed by atoms with E-state index in [9.17, 15) is 9.59 Å². The van der Waals surface area contributed by atoms with Crippen molar-refractivity contribution in [2.45, 2.75) is 52.2 Å². The van der Waals surface area contributed by atoms with Gasteiger partial charge in [0.25, 0.3) is 0 Å². The molecular weight excluding hydrogens is 360 g/mol. The minimum absolute atomic E-state index is 0.0884. The Morgan fingerprint density at radius 1 is 1.31 bits per heavy atom. The predicted octanol–water partition coefficient (Wildman–Crippen LogP) is 3.04. The van der Waals surface area contributed by atoms with E-state index >= 15 is 0 Å². The number of esters is 1. The Balaban J connectivity index is 2.15. The summed E-state index contributed by atoms with van der Waals surface area (Å²) >= 11 is 5.98. The molecule has 0 radical (unpaired) electrons. The quantitative estimate of drug-likeness (QED) is 0.800. The highest BCUT2D eigenvalue weighted by Gasteiger charge is 2.29. The lowest BCUT2D eigenvalue weighted by atomic mass is 10.1. The number of rotatable bonds is 3. The maximum absolute atomic E-state index is 12.3. The van der Waals surface area contributed by atoms with Gasteiger partial charge in [0.05, 0.1) is 7.11 Å². The monoisotopic (exact) mass is 384 g/mol. The molecule has 1 aromatic rings. The molecule has 8 nitrogen and oxygen atoms in total. The average molecular weight is 385 g/mol. The molecule has 1 atom stereocenters. The molecule has 1 fully saturated rings. The van der Waals surface area contributed by atoms with Crippen molar-refractivity contribution < 1.29 is 19.1 Å². The highest BCUT2D eigenvalue weighted by Crippen LogP contribution is 2.25. The fourth-order valence-corrected chi connectivity index (χ4v) is 2.87. The van der Waals surface area contributed by atoms with Crippen LogP contribution >= 0.6 is 11.6 Å². The Labute approximate surface area is 158 Å². The molecule has 1 aromatic heterocycles. The molecule has 9 heteroatoms. The van der Waals surface area contributed by atoms with Gasteiger partial charge in [-0.05, 0) is 40.5 Å². The van der Waals surface area contributed by atoms with Crippen LogP contribution < -0.4 is 5.32 Å². The lowest BCUT2D eigenvalue weighted by molar-refractivity contribution is 0.0205. The van der Waals surface area contributed by atoms with E-state index in [0.717, 1.165) is 12.8 Å². The van der Waals surface area contributed by atoms with Crippen molar-refractivity contribution in [3.8, 4) is 0 Å². The maximum atomic E-state index is 12.3. The molecule has 1 saturated heterocycles. The third-order valence-electron chi connectivity index (χ3n) is 3.96. The second kappa shape index (κ2) is 8.07. The smallest absolute Gasteiger partial charge is 0.410 e. The first-order chi connectivity index (χ1) is 12.1. The van der Waals surface area contributed by atoms with E-state index in [2.05, 4.69) is 15.5 Å². The number of anilines is 1. The van der Waals surface area contributed by atoms with Gasteiger partial charge in [-0.1, -0.05) is 11.6 Å². The number of hydrogen-bond donors (Lipinski definition) is 1. The van der Waals surface area contributed by atoms with E-state index in [0.29, 0.717) is 24.5 Å². The highest BCUT2D eigenvalue weighted by molar-refractivity contribution is 6.30. The number of hydrogen-bond acceptors (Lipinski definition) is 7. The molecule has 1 aliphatic rings. The number of nitrogens with zero attached hydrogens (tertiary/aromatic N) is 3. The van der Waals surface area contributed by atoms with E-state index in [-0.39, 0.29) is 22.9 Å². The fraction of sp³-hybridized carbons (Fsp3) is 0.647. The third-order valence-corrected chi connectivity index (χ3v) is 4.32. The second-order valence-corrected chi connectivity index (χ2v) is 7.60. The summed E-state index contributed by atoms with van der Waals surface area (Å²) in [6.45, 7) is 8.25. The first-order valence-corrected chi connectivity index (χ1v) is 8.85. The van der Waals surface area contributed by atoms with Crippen LogP contribution in [0.3, 0.4) is 0 Å². The lowest BCUT2D eigenvalue weighted by Gasteiger charge is -2.34. The Bertz CT molecular complexity index is 690. The Hall–Kier alpha value is -2.09. The SMILES string of the molecule is COC(=O)c1c(N[C@@H]2CCCN(C(=O)OC(C)(C)C)C2)nnc(Cl)c1C. The summed E-state index contributed by atoms with van der Waals surface area (Å²) in [6.07, 6.45) is 1.28. The van der Waals surface area contributed by atoms with E-state index < -0.39 is 11.6 Å². The van der Waals surface area contributed by atoms with Crippen molar-refractivity contribution in [1.29, 1.82) is 0 Å². The van der Waals surface area contributed by atoms with Crippen LogP contribution in [0, 0.1) is 6.92 Å². The zero-order valence-corrected chi connectivity index (χ0v) is 16.5. The number of carbonyl (C=O) groups is 2. The van der Waals surface area contributed by atoms with Gasteiger partial charge in [0.15, 0.2) is 11.0 Å². The molecule has 1 amide bonds. The van der Waals surface area contributed by atoms with Crippen molar-refractivity contribution in [1.82, 2.24) is 15.1 Å². The summed E-state index contributed by atoms with van der Waals surface area (Å²) in [5, 5.41) is 11.2. The van der Waals surface area contributed by atoms with E-state index in [4.69, 9.17) is 21.1 Å². The molecule has 0 aliphatic carbocycles. The Kier molecular flexibility index (Phi) is 6.28. The van der Waals surface area contributed by atoms with Crippen molar-refractivity contribution in [2.24, 2.45) is 0 Å². The lowest BCUT2D eigenvalue weighted by Crippen LogP contribution is -2.47. The topological polar surface area (TPSA) is 93.7 Å². The fourth-order valence-electron chi connectivity index (χ4n) is 2.73. The van der Waals surface area contributed by atoms with Gasteiger partial charge < -0.3 is 19.7 Å². The summed E-state index contributed by atoms with van der Waals surface area (Å²) in [4.78, 5) is 26.0. The number of halogens is 1. The number of likely N-dealkylation sites (tertiary alicyclic amines) is 1. The van der Waals surface area contributed by atoms with E-state index in [1.165, 1.54) is 7.11 Å². The molecule has 144 valence electrons. The van der Waals surface area contributed by atoms with Crippen LogP contribution in [0.1, 0.15) is 49.5 Å². The predicted molar refractivity (Wildman–Crippen MR) is 97.6 cm³/mol. The van der Waals surface area contributed by atoms with Gasteiger partial charge in [0.2, 0.25) is 0 Å². The molecule has 0 aromatic carbocycles. The number of nitrogens with one attached hydrogen (secondary N) is 1. The molecule has 2 rings (SSSR count). The van der Waals surface area contributed by atoms with Gasteiger partial charge in [-0.15, -0.1) is 10.2 Å². The zero-order chi connectivity index (χ0) is 19.5. The highest BCUT2D eigenvalue weighted by atomic mass is 35.5. The molecule has 0 bridgehead atoms. The summed E-state index contributed by atoms with van der Waals surface area (Å²) in [7, 11) is 1.30. The van der Waals surface area contributed by atoms with Gasteiger partial charge in [-0.2, -0.15) is 0 Å². The standard InChI is InChI=1S/C17H25ClN4O4/c1-10-12(15(23)25-5)14(21-20-13(10)18)19-11-7-6-8-22(9-11)16(24)26-17(2,3)4/h11H,6-9H2,1-5H3,(H,19,21)/t11-/m1/s1. The van der Waals surface area contributed by atoms with Gasteiger partial charge >= 0.3 is 12.1 Å². The summed E-state index contributed by atoms with van der Waals surface area (Å²) < 4.78 is 10.3. The normalized spacial score (nSPS) is 17.6. The van der Waals surface area contributed by atoms with Gasteiger partial charge in [-0.25, -0.2) is 9.59 Å². The van der Waals surface area contributed by atoms with Crippen LogP contribution in [0.25, 0.3) is 0 Å². The molecule has 26 heavy (non-hydrogen) atoms. The second-order valence-electron chi connectivity index (χ2n) is 7.24. The van der Waals surface area contributed by atoms with E-state index in [1.807, 2.05) is 20.8 Å². The van der Waals surface area contributed by atoms with Crippen molar-refractivity contribution in [3.63, 3.8) is 0 Å². The van der Waals surface area contributed by atoms with Crippen LogP contribution in [0.2, 0.25) is 5.15 Å². The van der Waals surface area contributed by atoms with Crippen LogP contribution in [0.4, 0.5) is 10.6 Å². The maximum Gasteiger partial charge on any atom is 0.410 e. The largest absolute Gasteiger partial charge is 0.465 e. The first kappa shape index (κ1) is 20.2. The minimum Gasteiger partial charge on any atom is -0.465 e. The molecule has 2 heterocycles. The minimum atomic E-state index is -0.547. The third kappa shape index (κ3) is 4.97. The molecule has 1 N–H and O–H groups in total. The van der Waals surface area contributed by atoms with Crippen molar-refractivity contribution >= 4 is 29.5 Å². The van der Waals surface area contributed by atoms with Crippen LogP contribution in [-0.4, -0.2) is 59.0 Å². The number of aromatic nitrogens is 2. The van der Waals surface area contributed by atoms with Gasteiger partial charge in [0, 0.05) is 24.7 Å². The first-order valence-electron chi connectivity index (χ1n) is 8.48. The van der Waals surface area contributed by atoms with Crippen molar-refractivity contribution in [2.75, 3.05) is 25.5 Å². The van der Waals surface area contributed by atoms with E-state index in [1.54, 1.807) is 11.8 Å². The Morgan fingerprint density at radius 3 is 2.62 bits per heavy atom. The van der Waals surface area contributed by atoms with Crippen LogP contribution in [0.5, 0.6) is 0 Å². The zero-order valence-electron chi connectivity index (χ0n) is 15.8. The summed E-state index contributed by atoms with van der Waals surface area (Å²) in [5.74, 6) is -0.239. The molecule has 0 unspecified atom stereocenters. The Morgan fingerprint density at radius 2 is 2.00 bits per heavy atom. The summed E-state index contributed by atoms with van der Waals surface area (Å²) in [5.41, 5.74) is 0.201. The number of ether oxygens (including phenoxy) is 2.